The summed E-state index contributed by atoms with van der Waals surface area (Å²) >= 11 is 1.47. The van der Waals surface area contributed by atoms with E-state index in [1.165, 1.54) is 31.0 Å². The summed E-state index contributed by atoms with van der Waals surface area (Å²) in [4.78, 5) is 12.2. The molecule has 0 spiro atoms. The Balaban J connectivity index is 1.99. The van der Waals surface area contributed by atoms with Crippen LogP contribution in [0, 0.1) is 0 Å². The molecule has 29 heavy (non-hydrogen) atoms. The van der Waals surface area contributed by atoms with Crippen molar-refractivity contribution in [3.8, 4) is 22.9 Å². The molecule has 8 heteroatoms. The second kappa shape index (κ2) is 10.0. The number of carbonyl (C=O) groups excluding carboxylic acids is 1. The number of nitrogens with one attached hydrogen (secondary N) is 1. The van der Waals surface area contributed by atoms with Gasteiger partial charge >= 0.3 is 0 Å². The Morgan fingerprint density at radius 1 is 1.21 bits per heavy atom. The third kappa shape index (κ3) is 4.86. The molecule has 1 aromatic carbocycles. The molecule has 1 atom stereocenters. The van der Waals surface area contributed by atoms with Gasteiger partial charge in [-0.05, 0) is 44.9 Å². The Hall–Kier alpha value is -2.22. The van der Waals surface area contributed by atoms with Crippen LogP contribution in [0.5, 0.6) is 11.5 Å². The molecule has 1 aliphatic rings. The average Bonchev–Trinajstić information content (AvgIpc) is 3.17. The molecule has 1 fully saturated rings. The van der Waals surface area contributed by atoms with Crippen LogP contribution in [0.15, 0.2) is 23.4 Å². The minimum absolute atomic E-state index is 0.0170. The molecular weight excluding hydrogens is 388 g/mol. The molecule has 1 aliphatic carbocycles. The molecule has 0 radical (unpaired) electrons. The molecule has 1 saturated carbocycles. The highest BCUT2D eigenvalue weighted by atomic mass is 32.2. The van der Waals surface area contributed by atoms with Crippen LogP contribution in [-0.2, 0) is 4.79 Å². The summed E-state index contributed by atoms with van der Waals surface area (Å²) in [5.41, 5.74) is 0.929. The molecule has 1 N–H and O–H groups in total. The standard InChI is InChI=1S/C21H30N4O3S/c1-5-22-20(26)14(2)29-21-24-23-19(25(21)16-9-7-6-8-10-16)15-11-12-17(27-3)18(13-15)28-4/h11-14,16H,5-10H2,1-4H3,(H,22,26)/t14-/m0/s1. The number of hydrogen-bond acceptors (Lipinski definition) is 6. The maximum absolute atomic E-state index is 12.2. The van der Waals surface area contributed by atoms with Gasteiger partial charge in [-0.2, -0.15) is 0 Å². The molecule has 1 amide bonds. The third-order valence-corrected chi connectivity index (χ3v) is 6.31. The van der Waals surface area contributed by atoms with Crippen LogP contribution in [0.2, 0.25) is 0 Å². The highest BCUT2D eigenvalue weighted by Crippen LogP contribution is 2.38. The zero-order chi connectivity index (χ0) is 20.8. The molecular formula is C21H30N4O3S. The summed E-state index contributed by atoms with van der Waals surface area (Å²) in [6.45, 7) is 4.45. The van der Waals surface area contributed by atoms with Crippen molar-refractivity contribution in [1.82, 2.24) is 20.1 Å². The van der Waals surface area contributed by atoms with Gasteiger partial charge in [-0.25, -0.2) is 0 Å². The lowest BCUT2D eigenvalue weighted by atomic mass is 9.95. The summed E-state index contributed by atoms with van der Waals surface area (Å²) in [7, 11) is 3.25. The highest BCUT2D eigenvalue weighted by molar-refractivity contribution is 8.00. The smallest absolute Gasteiger partial charge is 0.233 e. The van der Waals surface area contributed by atoms with Crippen LogP contribution in [0.25, 0.3) is 11.4 Å². The number of methoxy groups -OCH3 is 2. The van der Waals surface area contributed by atoms with Gasteiger partial charge in [0.2, 0.25) is 5.91 Å². The molecule has 3 rings (SSSR count). The fourth-order valence-corrected chi connectivity index (χ4v) is 4.67. The van der Waals surface area contributed by atoms with E-state index in [0.717, 1.165) is 29.4 Å². The molecule has 0 unspecified atom stereocenters. The van der Waals surface area contributed by atoms with E-state index >= 15 is 0 Å². The first kappa shape index (κ1) is 21.5. The van der Waals surface area contributed by atoms with Gasteiger partial charge in [-0.3, -0.25) is 9.36 Å². The summed E-state index contributed by atoms with van der Waals surface area (Å²) < 4.78 is 13.1. The van der Waals surface area contributed by atoms with E-state index in [1.54, 1.807) is 14.2 Å². The largest absolute Gasteiger partial charge is 0.493 e. The number of hydrogen-bond donors (Lipinski definition) is 1. The number of carbonyl (C=O) groups is 1. The number of thioether (sulfide) groups is 1. The minimum Gasteiger partial charge on any atom is -0.493 e. The van der Waals surface area contributed by atoms with Gasteiger partial charge in [0.05, 0.1) is 19.5 Å². The van der Waals surface area contributed by atoms with Gasteiger partial charge in [-0.1, -0.05) is 31.0 Å². The van der Waals surface area contributed by atoms with Crippen molar-refractivity contribution in [2.75, 3.05) is 20.8 Å². The van der Waals surface area contributed by atoms with E-state index < -0.39 is 0 Å². The molecule has 158 valence electrons. The fourth-order valence-electron chi connectivity index (χ4n) is 3.73. The van der Waals surface area contributed by atoms with Crippen molar-refractivity contribution in [1.29, 1.82) is 0 Å². The normalized spacial score (nSPS) is 15.7. The lowest BCUT2D eigenvalue weighted by molar-refractivity contribution is -0.120. The van der Waals surface area contributed by atoms with Crippen molar-refractivity contribution < 1.29 is 14.3 Å². The van der Waals surface area contributed by atoms with E-state index in [1.807, 2.05) is 32.0 Å². The molecule has 0 aliphatic heterocycles. The Morgan fingerprint density at radius 2 is 1.93 bits per heavy atom. The highest BCUT2D eigenvalue weighted by Gasteiger charge is 2.26. The van der Waals surface area contributed by atoms with Crippen LogP contribution in [0.3, 0.4) is 0 Å². The predicted octanol–water partition coefficient (Wildman–Crippen LogP) is 4.08. The fraction of sp³-hybridized carbons (Fsp3) is 0.571. The number of amides is 1. The van der Waals surface area contributed by atoms with Crippen molar-refractivity contribution in [3.63, 3.8) is 0 Å². The summed E-state index contributed by atoms with van der Waals surface area (Å²) in [5, 5.41) is 12.4. The molecule has 1 heterocycles. The molecule has 0 saturated heterocycles. The number of rotatable bonds is 8. The van der Waals surface area contributed by atoms with Gasteiger partial charge < -0.3 is 14.8 Å². The van der Waals surface area contributed by atoms with Gasteiger partial charge in [0.15, 0.2) is 22.5 Å². The lowest BCUT2D eigenvalue weighted by Gasteiger charge is -2.26. The summed E-state index contributed by atoms with van der Waals surface area (Å²) in [5.74, 6) is 2.17. The number of nitrogens with zero attached hydrogens (tertiary/aromatic N) is 3. The number of benzene rings is 1. The maximum Gasteiger partial charge on any atom is 0.233 e. The third-order valence-electron chi connectivity index (χ3n) is 5.25. The average molecular weight is 419 g/mol. The SMILES string of the molecule is CCNC(=O)[C@H](C)Sc1nnc(-c2ccc(OC)c(OC)c2)n1C1CCCCC1. The Bertz CT molecular complexity index is 833. The zero-order valence-electron chi connectivity index (χ0n) is 17.6. The van der Waals surface area contributed by atoms with Gasteiger partial charge in [-0.15, -0.1) is 10.2 Å². The minimum atomic E-state index is -0.236. The Kier molecular flexibility index (Phi) is 7.41. The Morgan fingerprint density at radius 3 is 2.59 bits per heavy atom. The molecule has 2 aromatic rings. The zero-order valence-corrected chi connectivity index (χ0v) is 18.4. The second-order valence-electron chi connectivity index (χ2n) is 7.19. The first-order valence-corrected chi connectivity index (χ1v) is 11.1. The van der Waals surface area contributed by atoms with E-state index in [-0.39, 0.29) is 11.2 Å². The topological polar surface area (TPSA) is 78.3 Å². The van der Waals surface area contributed by atoms with Crippen LogP contribution in [0.1, 0.15) is 52.0 Å². The number of ether oxygens (including phenoxy) is 2. The van der Waals surface area contributed by atoms with Crippen LogP contribution in [-0.4, -0.2) is 46.7 Å². The van der Waals surface area contributed by atoms with E-state index in [9.17, 15) is 4.79 Å². The molecule has 0 bridgehead atoms. The Labute approximate surface area is 176 Å². The first-order valence-electron chi connectivity index (χ1n) is 10.2. The molecule has 7 nitrogen and oxygen atoms in total. The van der Waals surface area contributed by atoms with Gasteiger partial charge in [0, 0.05) is 18.2 Å². The predicted molar refractivity (Wildman–Crippen MR) is 115 cm³/mol. The van der Waals surface area contributed by atoms with E-state index in [2.05, 4.69) is 20.1 Å². The van der Waals surface area contributed by atoms with Gasteiger partial charge in [0.25, 0.3) is 0 Å². The lowest BCUT2D eigenvalue weighted by Crippen LogP contribution is -2.30. The van der Waals surface area contributed by atoms with Crippen LogP contribution >= 0.6 is 11.8 Å². The second-order valence-corrected chi connectivity index (χ2v) is 8.50. The van der Waals surface area contributed by atoms with E-state index in [4.69, 9.17) is 9.47 Å². The monoisotopic (exact) mass is 418 g/mol. The van der Waals surface area contributed by atoms with E-state index in [0.29, 0.717) is 24.1 Å². The maximum atomic E-state index is 12.2. The van der Waals surface area contributed by atoms with Crippen molar-refractivity contribution in [2.45, 2.75) is 62.4 Å². The van der Waals surface area contributed by atoms with Crippen LogP contribution < -0.4 is 14.8 Å². The van der Waals surface area contributed by atoms with Crippen molar-refractivity contribution in [2.24, 2.45) is 0 Å². The summed E-state index contributed by atoms with van der Waals surface area (Å²) in [6, 6.07) is 6.14. The van der Waals surface area contributed by atoms with Crippen LogP contribution in [0.4, 0.5) is 0 Å². The van der Waals surface area contributed by atoms with Crippen molar-refractivity contribution >= 4 is 17.7 Å². The van der Waals surface area contributed by atoms with Crippen molar-refractivity contribution in [3.05, 3.63) is 18.2 Å². The summed E-state index contributed by atoms with van der Waals surface area (Å²) in [6.07, 6.45) is 5.86. The first-order chi connectivity index (χ1) is 14.1. The quantitative estimate of drug-likeness (QED) is 0.651. The number of aromatic nitrogens is 3. The van der Waals surface area contributed by atoms with Gasteiger partial charge in [0.1, 0.15) is 0 Å². The molecule has 1 aromatic heterocycles.